The third-order valence-corrected chi connectivity index (χ3v) is 2.78. The Labute approximate surface area is 93.7 Å². The van der Waals surface area contributed by atoms with Gasteiger partial charge in [0.15, 0.2) is 0 Å². The van der Waals surface area contributed by atoms with Crippen LogP contribution in [0.25, 0.3) is 11.3 Å². The van der Waals surface area contributed by atoms with Gasteiger partial charge in [0.25, 0.3) is 5.91 Å². The number of hydrogen-bond acceptors (Lipinski definition) is 2. The van der Waals surface area contributed by atoms with Crippen LogP contribution in [0.4, 0.5) is 0 Å². The molecule has 2 N–H and O–H groups in total. The topological polar surface area (TPSA) is 60.9 Å². The summed E-state index contributed by atoms with van der Waals surface area (Å²) in [6.45, 7) is 1.88. The van der Waals surface area contributed by atoms with Crippen molar-refractivity contribution in [2.45, 2.75) is 6.92 Å². The van der Waals surface area contributed by atoms with E-state index in [1.54, 1.807) is 12.4 Å². The van der Waals surface area contributed by atoms with Gasteiger partial charge in [-0.1, -0.05) is 0 Å². The van der Waals surface area contributed by atoms with Crippen LogP contribution in [-0.2, 0) is 7.05 Å². The lowest BCUT2D eigenvalue weighted by atomic mass is 10.2. The summed E-state index contributed by atoms with van der Waals surface area (Å²) in [5, 5.41) is 0. The van der Waals surface area contributed by atoms with Crippen molar-refractivity contribution in [3.05, 3.63) is 41.9 Å². The van der Waals surface area contributed by atoms with Gasteiger partial charge >= 0.3 is 0 Å². The first-order valence-corrected chi connectivity index (χ1v) is 4.97. The van der Waals surface area contributed by atoms with E-state index in [0.717, 1.165) is 17.0 Å². The van der Waals surface area contributed by atoms with E-state index in [9.17, 15) is 4.79 Å². The molecule has 0 atom stereocenters. The summed E-state index contributed by atoms with van der Waals surface area (Å²) in [6, 6.07) is 5.62. The van der Waals surface area contributed by atoms with Gasteiger partial charge in [-0.3, -0.25) is 9.78 Å². The molecule has 4 nitrogen and oxygen atoms in total. The second kappa shape index (κ2) is 3.81. The molecule has 0 saturated heterocycles. The van der Waals surface area contributed by atoms with Crippen molar-refractivity contribution in [1.29, 1.82) is 0 Å². The summed E-state index contributed by atoms with van der Waals surface area (Å²) >= 11 is 0. The summed E-state index contributed by atoms with van der Waals surface area (Å²) in [5.41, 5.74) is 8.74. The van der Waals surface area contributed by atoms with Crippen LogP contribution >= 0.6 is 0 Å². The van der Waals surface area contributed by atoms with E-state index in [4.69, 9.17) is 5.73 Å². The smallest absolute Gasteiger partial charge is 0.250 e. The van der Waals surface area contributed by atoms with Crippen LogP contribution in [-0.4, -0.2) is 15.5 Å². The largest absolute Gasteiger partial charge is 0.366 e. The number of primary amides is 1. The number of hydrogen-bond donors (Lipinski definition) is 1. The zero-order valence-electron chi connectivity index (χ0n) is 9.27. The molecule has 0 radical (unpaired) electrons. The van der Waals surface area contributed by atoms with Gasteiger partial charge in [-0.25, -0.2) is 0 Å². The third kappa shape index (κ3) is 1.58. The Morgan fingerprint density at radius 1 is 1.38 bits per heavy atom. The molecule has 0 fully saturated rings. The summed E-state index contributed by atoms with van der Waals surface area (Å²) in [6.07, 6.45) is 3.45. The lowest BCUT2D eigenvalue weighted by molar-refractivity contribution is 0.0999. The molecular formula is C12H13N3O. The fraction of sp³-hybridized carbons (Fsp3) is 0.167. The van der Waals surface area contributed by atoms with Crippen LogP contribution in [0.2, 0.25) is 0 Å². The number of nitrogens with two attached hydrogens (primary N) is 1. The average molecular weight is 215 g/mol. The van der Waals surface area contributed by atoms with Crippen molar-refractivity contribution in [3.8, 4) is 11.3 Å². The first-order chi connectivity index (χ1) is 7.61. The van der Waals surface area contributed by atoms with Gasteiger partial charge < -0.3 is 10.3 Å². The fourth-order valence-electron chi connectivity index (χ4n) is 1.75. The number of amides is 1. The van der Waals surface area contributed by atoms with Crippen molar-refractivity contribution >= 4 is 5.91 Å². The van der Waals surface area contributed by atoms with Crippen LogP contribution in [0.3, 0.4) is 0 Å². The van der Waals surface area contributed by atoms with E-state index in [2.05, 4.69) is 4.98 Å². The lowest BCUT2D eigenvalue weighted by Crippen LogP contribution is -2.11. The molecule has 0 aromatic carbocycles. The Morgan fingerprint density at radius 2 is 2.00 bits per heavy atom. The van der Waals surface area contributed by atoms with Gasteiger partial charge in [0.2, 0.25) is 0 Å². The van der Waals surface area contributed by atoms with Crippen LogP contribution in [0.5, 0.6) is 0 Å². The zero-order chi connectivity index (χ0) is 11.7. The Hall–Kier alpha value is -2.10. The maximum absolute atomic E-state index is 11.2. The fourth-order valence-corrected chi connectivity index (χ4v) is 1.75. The number of carbonyl (C=O) groups is 1. The second-order valence-electron chi connectivity index (χ2n) is 3.69. The van der Waals surface area contributed by atoms with E-state index in [0.29, 0.717) is 5.56 Å². The molecule has 0 aliphatic heterocycles. The van der Waals surface area contributed by atoms with E-state index >= 15 is 0 Å². The van der Waals surface area contributed by atoms with Crippen molar-refractivity contribution < 1.29 is 4.79 Å². The van der Waals surface area contributed by atoms with E-state index in [1.165, 1.54) is 0 Å². The molecule has 0 saturated carbocycles. The van der Waals surface area contributed by atoms with Gasteiger partial charge in [0, 0.05) is 36.4 Å². The van der Waals surface area contributed by atoms with Crippen LogP contribution in [0.1, 0.15) is 16.1 Å². The predicted molar refractivity (Wildman–Crippen MR) is 61.9 cm³/mol. The molecule has 16 heavy (non-hydrogen) atoms. The van der Waals surface area contributed by atoms with Gasteiger partial charge in [0.1, 0.15) is 0 Å². The van der Waals surface area contributed by atoms with Gasteiger partial charge in [-0.2, -0.15) is 0 Å². The van der Waals surface area contributed by atoms with Crippen LogP contribution < -0.4 is 5.73 Å². The summed E-state index contributed by atoms with van der Waals surface area (Å²) < 4.78 is 1.95. The highest BCUT2D eigenvalue weighted by molar-refractivity contribution is 5.95. The molecule has 2 aromatic rings. The minimum atomic E-state index is -0.395. The molecule has 82 valence electrons. The molecule has 2 aromatic heterocycles. The number of aromatic nitrogens is 2. The average Bonchev–Trinajstić information content (AvgIpc) is 2.58. The normalized spacial score (nSPS) is 10.4. The maximum atomic E-state index is 11.2. The van der Waals surface area contributed by atoms with Gasteiger partial charge in [-0.15, -0.1) is 0 Å². The molecule has 0 spiro atoms. The molecule has 0 aliphatic carbocycles. The monoisotopic (exact) mass is 215 g/mol. The summed E-state index contributed by atoms with van der Waals surface area (Å²) in [4.78, 5) is 15.2. The highest BCUT2D eigenvalue weighted by Gasteiger charge is 2.13. The van der Waals surface area contributed by atoms with Crippen LogP contribution in [0, 0.1) is 6.92 Å². The van der Waals surface area contributed by atoms with Gasteiger partial charge in [0.05, 0.1) is 5.56 Å². The summed E-state index contributed by atoms with van der Waals surface area (Å²) in [7, 11) is 1.91. The molecule has 2 rings (SSSR count). The lowest BCUT2D eigenvalue weighted by Gasteiger charge is -2.04. The number of nitrogens with zero attached hydrogens (tertiary/aromatic N) is 2. The maximum Gasteiger partial charge on any atom is 0.250 e. The second-order valence-corrected chi connectivity index (χ2v) is 3.69. The summed E-state index contributed by atoms with van der Waals surface area (Å²) in [5.74, 6) is -0.395. The number of pyridine rings is 1. The van der Waals surface area contributed by atoms with Crippen molar-refractivity contribution in [2.75, 3.05) is 0 Å². The first kappa shape index (κ1) is 10.4. The third-order valence-electron chi connectivity index (χ3n) is 2.78. The van der Waals surface area contributed by atoms with Gasteiger partial charge in [-0.05, 0) is 25.1 Å². The standard InChI is InChI=1S/C12H13N3O/c1-8-10(12(13)16)7-11(15(8)2)9-3-5-14-6-4-9/h3-7H,1-2H3,(H2,13,16). The predicted octanol–water partition coefficient (Wildman–Crippen LogP) is 1.49. The van der Waals surface area contributed by atoms with Crippen molar-refractivity contribution in [2.24, 2.45) is 12.8 Å². The first-order valence-electron chi connectivity index (χ1n) is 4.97. The SMILES string of the molecule is Cc1c(C(N)=O)cc(-c2ccncc2)n1C. The molecule has 2 heterocycles. The highest BCUT2D eigenvalue weighted by atomic mass is 16.1. The van der Waals surface area contributed by atoms with Crippen LogP contribution in [0.15, 0.2) is 30.6 Å². The highest BCUT2D eigenvalue weighted by Crippen LogP contribution is 2.23. The number of rotatable bonds is 2. The Kier molecular flexibility index (Phi) is 2.48. The van der Waals surface area contributed by atoms with Crippen molar-refractivity contribution in [3.63, 3.8) is 0 Å². The quantitative estimate of drug-likeness (QED) is 0.825. The number of carbonyl (C=O) groups excluding carboxylic acids is 1. The Bertz CT molecular complexity index is 529. The Balaban J connectivity index is 2.60. The van der Waals surface area contributed by atoms with E-state index in [-0.39, 0.29) is 0 Å². The van der Waals surface area contributed by atoms with E-state index < -0.39 is 5.91 Å². The zero-order valence-corrected chi connectivity index (χ0v) is 9.27. The molecule has 0 aliphatic rings. The van der Waals surface area contributed by atoms with E-state index in [1.807, 2.05) is 36.7 Å². The minimum Gasteiger partial charge on any atom is -0.366 e. The Morgan fingerprint density at radius 3 is 2.50 bits per heavy atom. The molecular weight excluding hydrogens is 202 g/mol. The molecule has 0 bridgehead atoms. The van der Waals surface area contributed by atoms with Crippen molar-refractivity contribution in [1.82, 2.24) is 9.55 Å². The molecule has 1 amide bonds. The molecule has 0 unspecified atom stereocenters. The minimum absolute atomic E-state index is 0.395. The molecule has 4 heteroatoms.